The summed E-state index contributed by atoms with van der Waals surface area (Å²) in [4.78, 5) is 61.4. The minimum Gasteiger partial charge on any atom is -0.459 e. The zero-order valence-corrected chi connectivity index (χ0v) is 25.1. The highest BCUT2D eigenvalue weighted by atomic mass is 16.7. The van der Waals surface area contributed by atoms with Gasteiger partial charge in [0.15, 0.2) is 24.3 Å². The van der Waals surface area contributed by atoms with Gasteiger partial charge in [0.05, 0.1) is 16.7 Å². The molecule has 3 heterocycles. The number of carbonyl (C=O) groups excluding carboxylic acids is 3. The smallest absolute Gasteiger partial charge is 0.351 e. The number of hydrogen-bond donors (Lipinski definition) is 0. The van der Waals surface area contributed by atoms with Crippen LogP contribution in [0.1, 0.15) is 49.8 Å². The first-order valence-electron chi connectivity index (χ1n) is 14.8. The lowest BCUT2D eigenvalue weighted by Crippen LogP contribution is -2.42. The minimum atomic E-state index is -1.36. The second kappa shape index (κ2) is 14.0. The third-order valence-corrected chi connectivity index (χ3v) is 7.47. The van der Waals surface area contributed by atoms with Crippen molar-refractivity contribution in [1.29, 1.82) is 0 Å². The van der Waals surface area contributed by atoms with Crippen LogP contribution in [-0.2, 0) is 25.4 Å². The van der Waals surface area contributed by atoms with Gasteiger partial charge >= 0.3 is 23.6 Å². The van der Waals surface area contributed by atoms with Gasteiger partial charge in [0.2, 0.25) is 0 Å². The Hall–Kier alpha value is -5.95. The van der Waals surface area contributed by atoms with Gasteiger partial charge < -0.3 is 18.9 Å². The van der Waals surface area contributed by atoms with E-state index >= 15 is 0 Å². The molecule has 1 fully saturated rings. The third kappa shape index (κ3) is 6.84. The van der Waals surface area contributed by atoms with Crippen LogP contribution >= 0.6 is 0 Å². The summed E-state index contributed by atoms with van der Waals surface area (Å²) in [6, 6.07) is 24.7. The molecule has 0 amide bonds. The predicted molar refractivity (Wildman–Crippen MR) is 165 cm³/mol. The zero-order valence-electron chi connectivity index (χ0n) is 25.1. The summed E-state index contributed by atoms with van der Waals surface area (Å²) in [5.74, 6) is -1.86. The van der Waals surface area contributed by atoms with Gasteiger partial charge in [0.25, 0.3) is 0 Å². The molecule has 4 atom stereocenters. The Morgan fingerprint density at radius 1 is 0.787 bits per heavy atom. The molecule has 3 aromatic carbocycles. The molecule has 238 valence electrons. The number of ether oxygens (including phenoxy) is 4. The van der Waals surface area contributed by atoms with Crippen LogP contribution in [0.3, 0.4) is 0 Å². The molecule has 13 heteroatoms. The molecule has 1 saturated heterocycles. The van der Waals surface area contributed by atoms with Crippen LogP contribution in [0.4, 0.5) is 0 Å². The van der Waals surface area contributed by atoms with Crippen LogP contribution in [0, 0.1) is 0 Å². The van der Waals surface area contributed by atoms with Gasteiger partial charge in [0.1, 0.15) is 25.4 Å². The summed E-state index contributed by atoms with van der Waals surface area (Å²) >= 11 is 0. The van der Waals surface area contributed by atoms with Crippen LogP contribution in [0.15, 0.2) is 115 Å². The Balaban J connectivity index is 1.39. The summed E-state index contributed by atoms with van der Waals surface area (Å²) < 4.78 is 26.3. The second-order valence-corrected chi connectivity index (χ2v) is 10.5. The number of benzene rings is 3. The van der Waals surface area contributed by atoms with Crippen molar-refractivity contribution in [2.45, 2.75) is 37.9 Å². The normalized spacial score (nSPS) is 18.7. The maximum atomic E-state index is 13.6. The SMILES string of the molecule is CCc1cn(C2OC(COC(=O)c3ccccc3)C(OC(=O)c3ccccc3)C2OC(=O)c2ccccc2)c(=O)nc1-n1cncn1. The summed E-state index contributed by atoms with van der Waals surface area (Å²) in [6.07, 6.45) is -0.458. The number of aryl methyl sites for hydroxylation is 1. The van der Waals surface area contributed by atoms with Crippen molar-refractivity contribution in [1.82, 2.24) is 24.3 Å². The van der Waals surface area contributed by atoms with Gasteiger partial charge in [-0.25, -0.2) is 28.8 Å². The van der Waals surface area contributed by atoms with Crippen LogP contribution in [0.2, 0.25) is 0 Å². The molecule has 0 bridgehead atoms. The van der Waals surface area contributed by atoms with Crippen LogP contribution in [0.5, 0.6) is 0 Å². The summed E-state index contributed by atoms with van der Waals surface area (Å²) in [5.41, 5.74) is 0.591. The van der Waals surface area contributed by atoms with Crippen LogP contribution in [0.25, 0.3) is 5.82 Å². The Kier molecular flexibility index (Phi) is 9.25. The van der Waals surface area contributed by atoms with Crippen molar-refractivity contribution < 1.29 is 33.3 Å². The molecule has 0 saturated carbocycles. The Morgan fingerprint density at radius 3 is 1.87 bits per heavy atom. The van der Waals surface area contributed by atoms with Crippen LogP contribution < -0.4 is 5.69 Å². The van der Waals surface area contributed by atoms with E-state index in [0.29, 0.717) is 17.5 Å². The first kappa shape index (κ1) is 31.0. The fourth-order valence-corrected chi connectivity index (χ4v) is 5.13. The lowest BCUT2D eigenvalue weighted by molar-refractivity contribution is -0.0640. The number of rotatable bonds is 10. The number of nitrogens with zero attached hydrogens (tertiary/aromatic N) is 5. The monoisotopic (exact) mass is 635 g/mol. The largest absolute Gasteiger partial charge is 0.459 e. The molecule has 13 nitrogen and oxygen atoms in total. The van der Waals surface area contributed by atoms with Crippen molar-refractivity contribution in [3.63, 3.8) is 0 Å². The fourth-order valence-electron chi connectivity index (χ4n) is 5.13. The Bertz CT molecular complexity index is 1900. The Labute approximate surface area is 268 Å². The first-order chi connectivity index (χ1) is 22.9. The summed E-state index contributed by atoms with van der Waals surface area (Å²) in [6.45, 7) is 1.47. The van der Waals surface area contributed by atoms with Gasteiger partial charge in [0, 0.05) is 11.8 Å². The first-order valence-corrected chi connectivity index (χ1v) is 14.8. The minimum absolute atomic E-state index is 0.222. The van der Waals surface area contributed by atoms with Crippen molar-refractivity contribution in [2.75, 3.05) is 6.61 Å². The number of hydrogen-bond acceptors (Lipinski definition) is 11. The van der Waals surface area contributed by atoms with E-state index in [9.17, 15) is 19.2 Å². The van der Waals surface area contributed by atoms with Gasteiger partial charge in [-0.2, -0.15) is 10.1 Å². The predicted octanol–water partition coefficient (Wildman–Crippen LogP) is 3.59. The highest BCUT2D eigenvalue weighted by Gasteiger charge is 2.52. The molecule has 0 spiro atoms. The molecule has 5 aromatic rings. The van der Waals surface area contributed by atoms with Gasteiger partial charge in [-0.05, 0) is 42.8 Å². The molecule has 0 aliphatic carbocycles. The molecule has 1 aliphatic heterocycles. The standard InChI is InChI=1S/C34H29N5O8/c1-2-22-18-38(34(43)37-29(22)39-21-35-20-36-39)30-28(47-33(42)25-16-10-5-11-17-25)27(46-32(41)24-14-8-4-9-15-24)26(45-30)19-44-31(40)23-12-6-3-7-13-23/h3-18,20-21,26-28,30H,2,19H2,1H3. The van der Waals surface area contributed by atoms with E-state index in [1.807, 2.05) is 6.92 Å². The average molecular weight is 636 g/mol. The number of esters is 3. The topological polar surface area (TPSA) is 154 Å². The van der Waals surface area contributed by atoms with Gasteiger partial charge in [-0.3, -0.25) is 4.57 Å². The molecule has 0 radical (unpaired) electrons. The highest BCUT2D eigenvalue weighted by Crippen LogP contribution is 2.35. The maximum Gasteiger partial charge on any atom is 0.351 e. The number of carbonyl (C=O) groups is 3. The van der Waals surface area contributed by atoms with Gasteiger partial charge in [-0.15, -0.1) is 0 Å². The zero-order chi connectivity index (χ0) is 32.8. The number of aromatic nitrogens is 5. The van der Waals surface area contributed by atoms with Crippen molar-refractivity contribution in [3.05, 3.63) is 143 Å². The van der Waals surface area contributed by atoms with E-state index in [1.54, 1.807) is 91.0 Å². The molecule has 2 aromatic heterocycles. The average Bonchev–Trinajstić information content (AvgIpc) is 3.77. The second-order valence-electron chi connectivity index (χ2n) is 10.5. The quantitative estimate of drug-likeness (QED) is 0.163. The Morgan fingerprint density at radius 2 is 1.34 bits per heavy atom. The summed E-state index contributed by atoms with van der Waals surface area (Å²) in [5, 5.41) is 4.09. The molecule has 6 rings (SSSR count). The lowest BCUT2D eigenvalue weighted by atomic mass is 10.1. The fraction of sp³-hybridized carbons (Fsp3) is 0.206. The van der Waals surface area contributed by atoms with Crippen LogP contribution in [-0.4, -0.2) is 67.1 Å². The molecule has 0 N–H and O–H groups in total. The lowest BCUT2D eigenvalue weighted by Gasteiger charge is -2.25. The van der Waals surface area contributed by atoms with E-state index in [1.165, 1.54) is 28.1 Å². The molecular formula is C34H29N5O8. The van der Waals surface area contributed by atoms with E-state index < -0.39 is 54.7 Å². The van der Waals surface area contributed by atoms with Crippen molar-refractivity contribution in [2.24, 2.45) is 0 Å². The van der Waals surface area contributed by atoms with Gasteiger partial charge in [-0.1, -0.05) is 61.5 Å². The van der Waals surface area contributed by atoms with E-state index in [2.05, 4.69) is 15.1 Å². The van der Waals surface area contributed by atoms with E-state index in [-0.39, 0.29) is 16.9 Å². The summed E-state index contributed by atoms with van der Waals surface area (Å²) in [7, 11) is 0. The third-order valence-electron chi connectivity index (χ3n) is 7.47. The molecular weight excluding hydrogens is 606 g/mol. The molecule has 4 unspecified atom stereocenters. The molecule has 1 aliphatic rings. The van der Waals surface area contributed by atoms with Crippen molar-refractivity contribution in [3.8, 4) is 5.82 Å². The maximum absolute atomic E-state index is 13.6. The van der Waals surface area contributed by atoms with E-state index in [4.69, 9.17) is 18.9 Å². The highest BCUT2D eigenvalue weighted by molar-refractivity contribution is 5.91. The molecule has 47 heavy (non-hydrogen) atoms. The van der Waals surface area contributed by atoms with Crippen molar-refractivity contribution >= 4 is 17.9 Å². The van der Waals surface area contributed by atoms with E-state index in [0.717, 1.165) is 0 Å².